The number of carbonyl (C=O) groups excluding carboxylic acids is 1. The SMILES string of the molecule is CCc1nc2cc(Br)ccn2c1C(=O)NCc1ccc(N2CCC(c3ccc(C)cc3)CC2)cc1. The van der Waals surface area contributed by atoms with Gasteiger partial charge in [0.2, 0.25) is 0 Å². The summed E-state index contributed by atoms with van der Waals surface area (Å²) in [4.78, 5) is 20.1. The van der Waals surface area contributed by atoms with E-state index in [4.69, 9.17) is 0 Å². The number of pyridine rings is 1. The van der Waals surface area contributed by atoms with Crippen LogP contribution in [0.4, 0.5) is 5.69 Å². The summed E-state index contributed by atoms with van der Waals surface area (Å²) in [6, 6.07) is 21.5. The number of piperidine rings is 1. The molecule has 1 aliphatic heterocycles. The van der Waals surface area contributed by atoms with Crippen molar-refractivity contribution in [3.63, 3.8) is 0 Å². The van der Waals surface area contributed by atoms with E-state index in [-0.39, 0.29) is 5.91 Å². The van der Waals surface area contributed by atoms with Crippen LogP contribution in [-0.2, 0) is 13.0 Å². The van der Waals surface area contributed by atoms with E-state index in [2.05, 4.69) is 86.6 Å². The van der Waals surface area contributed by atoms with Crippen LogP contribution in [0.2, 0.25) is 0 Å². The standard InChI is InChI=1S/C29H31BrN4O/c1-3-26-28(34-17-14-24(30)18-27(34)32-26)29(35)31-19-21-6-10-25(11-7-21)33-15-12-23(13-16-33)22-8-4-20(2)5-9-22/h4-11,14,17-18,23H,3,12-13,15-16,19H2,1-2H3,(H,31,35). The van der Waals surface area contributed by atoms with Gasteiger partial charge in [-0.2, -0.15) is 0 Å². The highest BCUT2D eigenvalue weighted by atomic mass is 79.9. The fourth-order valence-electron chi connectivity index (χ4n) is 4.96. The second-order valence-electron chi connectivity index (χ2n) is 9.35. The van der Waals surface area contributed by atoms with Crippen LogP contribution < -0.4 is 10.2 Å². The molecule has 0 unspecified atom stereocenters. The van der Waals surface area contributed by atoms with Crippen molar-refractivity contribution in [2.45, 2.75) is 45.6 Å². The van der Waals surface area contributed by atoms with Crippen molar-refractivity contribution in [3.05, 3.63) is 99.4 Å². The Hall–Kier alpha value is -3.12. The van der Waals surface area contributed by atoms with Crippen molar-refractivity contribution in [1.82, 2.24) is 14.7 Å². The lowest BCUT2D eigenvalue weighted by molar-refractivity contribution is 0.0944. The van der Waals surface area contributed by atoms with Gasteiger partial charge in [-0.25, -0.2) is 4.98 Å². The van der Waals surface area contributed by atoms with Crippen LogP contribution in [0.25, 0.3) is 5.65 Å². The van der Waals surface area contributed by atoms with Crippen LogP contribution in [0.5, 0.6) is 0 Å². The van der Waals surface area contributed by atoms with E-state index in [0.29, 0.717) is 24.6 Å². The van der Waals surface area contributed by atoms with Crippen LogP contribution in [0, 0.1) is 6.92 Å². The minimum Gasteiger partial charge on any atom is -0.371 e. The number of benzene rings is 2. The average molecular weight is 531 g/mol. The number of aryl methyl sites for hydroxylation is 2. The van der Waals surface area contributed by atoms with Crippen molar-refractivity contribution in [2.75, 3.05) is 18.0 Å². The van der Waals surface area contributed by atoms with E-state index in [0.717, 1.165) is 34.5 Å². The topological polar surface area (TPSA) is 49.6 Å². The molecule has 0 saturated carbocycles. The van der Waals surface area contributed by atoms with Crippen LogP contribution in [0.15, 0.2) is 71.3 Å². The Balaban J connectivity index is 1.19. The molecular weight excluding hydrogens is 500 g/mol. The zero-order valence-electron chi connectivity index (χ0n) is 20.3. The predicted octanol–water partition coefficient (Wildman–Crippen LogP) is 6.28. The molecule has 2 aromatic heterocycles. The zero-order valence-corrected chi connectivity index (χ0v) is 21.9. The molecule has 5 rings (SSSR count). The molecule has 1 fully saturated rings. The molecule has 1 saturated heterocycles. The summed E-state index contributed by atoms with van der Waals surface area (Å²) >= 11 is 3.48. The summed E-state index contributed by atoms with van der Waals surface area (Å²) in [5, 5.41) is 3.08. The number of carbonyl (C=O) groups is 1. The smallest absolute Gasteiger partial charge is 0.270 e. The highest BCUT2D eigenvalue weighted by Crippen LogP contribution is 2.30. The van der Waals surface area contributed by atoms with Gasteiger partial charge in [0.25, 0.3) is 5.91 Å². The third-order valence-corrected chi connectivity index (χ3v) is 7.50. The van der Waals surface area contributed by atoms with Gasteiger partial charge in [0.15, 0.2) is 0 Å². The van der Waals surface area contributed by atoms with Crippen molar-refractivity contribution in [1.29, 1.82) is 0 Å². The highest BCUT2D eigenvalue weighted by molar-refractivity contribution is 9.10. The molecule has 1 amide bonds. The Morgan fingerprint density at radius 2 is 1.77 bits per heavy atom. The van der Waals surface area contributed by atoms with E-state index < -0.39 is 0 Å². The number of anilines is 1. The number of imidazole rings is 1. The Kier molecular flexibility index (Phi) is 6.91. The average Bonchev–Trinajstić information content (AvgIpc) is 3.26. The molecule has 180 valence electrons. The van der Waals surface area contributed by atoms with Gasteiger partial charge in [-0.3, -0.25) is 9.20 Å². The van der Waals surface area contributed by atoms with Crippen LogP contribution >= 0.6 is 15.9 Å². The second-order valence-corrected chi connectivity index (χ2v) is 10.3. The number of aromatic nitrogens is 2. The summed E-state index contributed by atoms with van der Waals surface area (Å²) < 4.78 is 2.81. The van der Waals surface area contributed by atoms with E-state index in [9.17, 15) is 4.79 Å². The Morgan fingerprint density at radius 3 is 2.46 bits per heavy atom. The van der Waals surface area contributed by atoms with Crippen LogP contribution in [-0.4, -0.2) is 28.4 Å². The van der Waals surface area contributed by atoms with E-state index in [1.807, 2.05) is 29.7 Å². The summed E-state index contributed by atoms with van der Waals surface area (Å²) in [6.07, 6.45) is 4.95. The van der Waals surface area contributed by atoms with Gasteiger partial charge in [-0.05, 0) is 67.5 Å². The quantitative estimate of drug-likeness (QED) is 0.319. The van der Waals surface area contributed by atoms with Gasteiger partial charge in [-0.15, -0.1) is 0 Å². The number of rotatable bonds is 6. The summed E-state index contributed by atoms with van der Waals surface area (Å²) in [6.45, 7) is 6.79. The van der Waals surface area contributed by atoms with Crippen molar-refractivity contribution in [3.8, 4) is 0 Å². The fourth-order valence-corrected chi connectivity index (χ4v) is 5.28. The maximum atomic E-state index is 13.0. The van der Waals surface area contributed by atoms with Gasteiger partial charge in [0.05, 0.1) is 5.69 Å². The number of hydrogen-bond acceptors (Lipinski definition) is 3. The first-order valence-electron chi connectivity index (χ1n) is 12.4. The van der Waals surface area contributed by atoms with Crippen molar-refractivity contribution < 1.29 is 4.79 Å². The lowest BCUT2D eigenvalue weighted by atomic mass is 9.89. The summed E-state index contributed by atoms with van der Waals surface area (Å²) in [5.74, 6) is 0.550. The van der Waals surface area contributed by atoms with E-state index in [1.165, 1.54) is 29.7 Å². The monoisotopic (exact) mass is 530 g/mol. The third kappa shape index (κ3) is 5.13. The minimum atomic E-state index is -0.0982. The maximum absolute atomic E-state index is 13.0. The molecule has 0 bridgehead atoms. The number of nitrogens with zero attached hydrogens (tertiary/aromatic N) is 3. The molecule has 0 atom stereocenters. The van der Waals surface area contributed by atoms with Gasteiger partial charge >= 0.3 is 0 Å². The Labute approximate surface area is 215 Å². The first-order chi connectivity index (χ1) is 17.0. The van der Waals surface area contributed by atoms with Gasteiger partial charge in [0, 0.05) is 36.0 Å². The van der Waals surface area contributed by atoms with Crippen molar-refractivity contribution in [2.24, 2.45) is 0 Å². The number of amides is 1. The van der Waals surface area contributed by atoms with Crippen LogP contribution in [0.1, 0.15) is 58.6 Å². The van der Waals surface area contributed by atoms with E-state index >= 15 is 0 Å². The molecule has 1 aliphatic rings. The lowest BCUT2D eigenvalue weighted by Gasteiger charge is -2.34. The molecule has 0 spiro atoms. The largest absolute Gasteiger partial charge is 0.371 e. The molecule has 35 heavy (non-hydrogen) atoms. The van der Waals surface area contributed by atoms with Gasteiger partial charge in [0.1, 0.15) is 11.3 Å². The highest BCUT2D eigenvalue weighted by Gasteiger charge is 2.21. The molecular formula is C29H31BrN4O. The maximum Gasteiger partial charge on any atom is 0.270 e. The minimum absolute atomic E-state index is 0.0982. The first-order valence-corrected chi connectivity index (χ1v) is 13.2. The molecule has 0 aliphatic carbocycles. The van der Waals surface area contributed by atoms with Gasteiger partial charge < -0.3 is 10.2 Å². The molecule has 5 nitrogen and oxygen atoms in total. The summed E-state index contributed by atoms with van der Waals surface area (Å²) in [7, 11) is 0. The number of fused-ring (bicyclic) bond motifs is 1. The zero-order chi connectivity index (χ0) is 24.4. The predicted molar refractivity (Wildman–Crippen MR) is 145 cm³/mol. The second kappa shape index (κ2) is 10.2. The number of hydrogen-bond donors (Lipinski definition) is 1. The summed E-state index contributed by atoms with van der Waals surface area (Å²) in [5.41, 5.74) is 7.32. The first kappa shape index (κ1) is 23.6. The Morgan fingerprint density at radius 1 is 1.06 bits per heavy atom. The Bertz CT molecular complexity index is 1320. The number of nitrogens with one attached hydrogen (secondary N) is 1. The normalized spacial score (nSPS) is 14.4. The number of halogens is 1. The van der Waals surface area contributed by atoms with E-state index in [1.54, 1.807) is 0 Å². The molecule has 1 N–H and O–H groups in total. The molecule has 3 heterocycles. The molecule has 0 radical (unpaired) electrons. The van der Waals surface area contributed by atoms with Crippen LogP contribution in [0.3, 0.4) is 0 Å². The molecule has 4 aromatic rings. The van der Waals surface area contributed by atoms with Crippen molar-refractivity contribution >= 4 is 33.2 Å². The molecule has 2 aromatic carbocycles. The lowest BCUT2D eigenvalue weighted by Crippen LogP contribution is -2.32. The van der Waals surface area contributed by atoms with Gasteiger partial charge in [-0.1, -0.05) is 64.8 Å². The fraction of sp³-hybridized carbons (Fsp3) is 0.310. The molecule has 6 heteroatoms. The third-order valence-electron chi connectivity index (χ3n) is 7.01.